The summed E-state index contributed by atoms with van der Waals surface area (Å²) in [4.78, 5) is 9.79. The Kier molecular flexibility index (Phi) is 2.46. The maximum atomic E-state index is 10.3. The predicted molar refractivity (Wildman–Crippen MR) is 47.0 cm³/mol. The lowest BCUT2D eigenvalue weighted by molar-refractivity contribution is -0.389. The van der Waals surface area contributed by atoms with E-state index >= 15 is 0 Å². The molecular formula is C6H8BrN3O2. The summed E-state index contributed by atoms with van der Waals surface area (Å²) in [7, 11) is 0. The number of hydrogen-bond acceptors (Lipinski definition) is 3. The SMILES string of the molecule is CC(C)n1nc([N+](=O)[O-])cc1Br. The fraction of sp³-hybridized carbons (Fsp3) is 0.500. The minimum atomic E-state index is -0.510. The number of hydrogen-bond donors (Lipinski definition) is 0. The van der Waals surface area contributed by atoms with E-state index < -0.39 is 4.92 Å². The molecule has 0 fully saturated rings. The van der Waals surface area contributed by atoms with Gasteiger partial charge in [0.2, 0.25) is 0 Å². The molecular weight excluding hydrogens is 226 g/mol. The molecule has 0 saturated heterocycles. The zero-order valence-electron chi connectivity index (χ0n) is 6.69. The first-order valence-corrected chi connectivity index (χ1v) is 4.21. The van der Waals surface area contributed by atoms with E-state index in [1.54, 1.807) is 4.68 Å². The zero-order valence-corrected chi connectivity index (χ0v) is 8.28. The van der Waals surface area contributed by atoms with Crippen LogP contribution in [0.2, 0.25) is 0 Å². The van der Waals surface area contributed by atoms with E-state index in [0.717, 1.165) is 0 Å². The Labute approximate surface area is 77.7 Å². The Hall–Kier alpha value is -0.910. The summed E-state index contributed by atoms with van der Waals surface area (Å²) in [5, 5.41) is 14.1. The third kappa shape index (κ3) is 1.63. The van der Waals surface area contributed by atoms with Crippen LogP contribution < -0.4 is 0 Å². The van der Waals surface area contributed by atoms with Crippen molar-refractivity contribution < 1.29 is 4.92 Å². The van der Waals surface area contributed by atoms with Gasteiger partial charge >= 0.3 is 5.82 Å². The highest BCUT2D eigenvalue weighted by molar-refractivity contribution is 9.10. The average molecular weight is 234 g/mol. The zero-order chi connectivity index (χ0) is 9.30. The summed E-state index contributed by atoms with van der Waals surface area (Å²) in [6, 6.07) is 1.51. The summed E-state index contributed by atoms with van der Waals surface area (Å²) in [5.41, 5.74) is 0. The Balaban J connectivity index is 3.09. The van der Waals surface area contributed by atoms with E-state index in [1.807, 2.05) is 13.8 Å². The lowest BCUT2D eigenvalue weighted by atomic mass is 10.4. The van der Waals surface area contributed by atoms with Crippen LogP contribution in [0.15, 0.2) is 10.7 Å². The fourth-order valence-corrected chi connectivity index (χ4v) is 1.50. The molecule has 0 atom stereocenters. The molecule has 1 aromatic rings. The Morgan fingerprint density at radius 2 is 2.33 bits per heavy atom. The monoisotopic (exact) mass is 233 g/mol. The summed E-state index contributed by atoms with van der Waals surface area (Å²) in [6.07, 6.45) is 0. The quantitative estimate of drug-likeness (QED) is 0.581. The van der Waals surface area contributed by atoms with Crippen molar-refractivity contribution in [3.05, 3.63) is 20.8 Å². The second kappa shape index (κ2) is 3.22. The molecule has 0 N–H and O–H groups in total. The van der Waals surface area contributed by atoms with Crippen LogP contribution in [0.25, 0.3) is 0 Å². The van der Waals surface area contributed by atoms with Crippen molar-refractivity contribution >= 4 is 21.7 Å². The van der Waals surface area contributed by atoms with Crippen molar-refractivity contribution in [2.75, 3.05) is 0 Å². The van der Waals surface area contributed by atoms with Crippen LogP contribution in [0.4, 0.5) is 5.82 Å². The molecule has 0 unspecified atom stereocenters. The first-order valence-electron chi connectivity index (χ1n) is 3.42. The van der Waals surface area contributed by atoms with Gasteiger partial charge in [0.1, 0.15) is 4.60 Å². The number of nitrogens with zero attached hydrogens (tertiary/aromatic N) is 3. The first kappa shape index (κ1) is 9.18. The highest BCUT2D eigenvalue weighted by atomic mass is 79.9. The van der Waals surface area contributed by atoms with Crippen LogP contribution in [-0.2, 0) is 0 Å². The Bertz CT molecular complexity index is 308. The van der Waals surface area contributed by atoms with E-state index in [-0.39, 0.29) is 11.9 Å². The third-order valence-corrected chi connectivity index (χ3v) is 1.95. The van der Waals surface area contributed by atoms with Crippen molar-refractivity contribution in [3.8, 4) is 0 Å². The molecule has 66 valence electrons. The van der Waals surface area contributed by atoms with Crippen molar-refractivity contribution in [1.82, 2.24) is 9.78 Å². The molecule has 1 heterocycles. The number of rotatable bonds is 2. The molecule has 0 aliphatic rings. The van der Waals surface area contributed by atoms with Gasteiger partial charge in [-0.05, 0) is 34.7 Å². The maximum Gasteiger partial charge on any atom is 0.391 e. The minimum absolute atomic E-state index is 0.119. The van der Waals surface area contributed by atoms with Crippen LogP contribution in [0.5, 0.6) is 0 Å². The predicted octanol–water partition coefficient (Wildman–Crippen LogP) is 2.13. The number of nitro groups is 1. The molecule has 1 aromatic heterocycles. The standard InChI is InChI=1S/C6H8BrN3O2/c1-4(2)9-5(7)3-6(8-9)10(11)12/h3-4H,1-2H3. The van der Waals surface area contributed by atoms with Crippen LogP contribution in [0.3, 0.4) is 0 Å². The van der Waals surface area contributed by atoms with Gasteiger partial charge in [0.25, 0.3) is 0 Å². The second-order valence-electron chi connectivity index (χ2n) is 2.62. The highest BCUT2D eigenvalue weighted by Gasteiger charge is 2.17. The second-order valence-corrected chi connectivity index (χ2v) is 3.43. The Morgan fingerprint density at radius 3 is 2.58 bits per heavy atom. The third-order valence-electron chi connectivity index (χ3n) is 1.35. The molecule has 12 heavy (non-hydrogen) atoms. The molecule has 0 amide bonds. The molecule has 0 aromatic carbocycles. The maximum absolute atomic E-state index is 10.3. The molecule has 0 spiro atoms. The number of halogens is 1. The molecule has 0 aliphatic carbocycles. The normalized spacial score (nSPS) is 10.7. The van der Waals surface area contributed by atoms with Gasteiger partial charge in [-0.3, -0.25) is 0 Å². The lowest BCUT2D eigenvalue weighted by Crippen LogP contribution is -2.03. The number of aromatic nitrogens is 2. The van der Waals surface area contributed by atoms with Crippen LogP contribution in [0, 0.1) is 10.1 Å². The van der Waals surface area contributed by atoms with E-state index in [4.69, 9.17) is 0 Å². The van der Waals surface area contributed by atoms with Gasteiger partial charge in [-0.25, -0.2) is 0 Å². The first-order chi connectivity index (χ1) is 5.52. The van der Waals surface area contributed by atoms with Gasteiger partial charge in [-0.1, -0.05) is 0 Å². The van der Waals surface area contributed by atoms with Crippen LogP contribution in [0.1, 0.15) is 19.9 Å². The van der Waals surface area contributed by atoms with Crippen molar-refractivity contribution in [2.45, 2.75) is 19.9 Å². The molecule has 0 bridgehead atoms. The topological polar surface area (TPSA) is 61.0 Å². The fourth-order valence-electron chi connectivity index (χ4n) is 0.811. The molecule has 0 saturated carbocycles. The molecule has 5 nitrogen and oxygen atoms in total. The van der Waals surface area contributed by atoms with E-state index in [1.165, 1.54) is 6.07 Å². The average Bonchev–Trinajstić information content (AvgIpc) is 2.30. The largest absolute Gasteiger partial charge is 0.391 e. The minimum Gasteiger partial charge on any atom is -0.358 e. The van der Waals surface area contributed by atoms with Crippen LogP contribution >= 0.6 is 15.9 Å². The van der Waals surface area contributed by atoms with E-state index in [2.05, 4.69) is 21.0 Å². The smallest absolute Gasteiger partial charge is 0.358 e. The van der Waals surface area contributed by atoms with Gasteiger partial charge in [0.05, 0.1) is 17.2 Å². The highest BCUT2D eigenvalue weighted by Crippen LogP contribution is 2.20. The van der Waals surface area contributed by atoms with Gasteiger partial charge in [0.15, 0.2) is 0 Å². The summed E-state index contributed by atoms with van der Waals surface area (Å²) >= 11 is 3.18. The molecule has 6 heteroatoms. The van der Waals surface area contributed by atoms with Gasteiger partial charge in [-0.2, -0.15) is 4.68 Å². The molecule has 0 radical (unpaired) electrons. The lowest BCUT2D eigenvalue weighted by Gasteiger charge is -1.99. The van der Waals surface area contributed by atoms with Gasteiger partial charge in [0, 0.05) is 0 Å². The Morgan fingerprint density at radius 1 is 1.75 bits per heavy atom. The van der Waals surface area contributed by atoms with Crippen LogP contribution in [-0.4, -0.2) is 14.7 Å². The summed E-state index contributed by atoms with van der Waals surface area (Å²) in [5.74, 6) is -0.129. The summed E-state index contributed by atoms with van der Waals surface area (Å²) < 4.78 is 2.18. The summed E-state index contributed by atoms with van der Waals surface area (Å²) in [6.45, 7) is 3.81. The van der Waals surface area contributed by atoms with Crippen molar-refractivity contribution in [2.24, 2.45) is 0 Å². The van der Waals surface area contributed by atoms with Gasteiger partial charge in [-0.15, -0.1) is 0 Å². The van der Waals surface area contributed by atoms with E-state index in [0.29, 0.717) is 4.60 Å². The van der Waals surface area contributed by atoms with Crippen molar-refractivity contribution in [3.63, 3.8) is 0 Å². The molecule has 1 rings (SSSR count). The van der Waals surface area contributed by atoms with Gasteiger partial charge < -0.3 is 10.1 Å². The molecule has 0 aliphatic heterocycles. The van der Waals surface area contributed by atoms with Crippen molar-refractivity contribution in [1.29, 1.82) is 0 Å². The van der Waals surface area contributed by atoms with E-state index in [9.17, 15) is 10.1 Å².